The second kappa shape index (κ2) is 7.08. The number of fused-ring (bicyclic) bond motifs is 2. The average molecular weight is 410 g/mol. The summed E-state index contributed by atoms with van der Waals surface area (Å²) in [5.41, 5.74) is 5.20. The highest BCUT2D eigenvalue weighted by Crippen LogP contribution is 2.28. The Morgan fingerprint density at radius 2 is 1.86 bits per heavy atom. The minimum atomic E-state index is -3.33. The number of benzene rings is 2. The topological polar surface area (TPSA) is 92.2 Å². The van der Waals surface area contributed by atoms with Crippen molar-refractivity contribution in [2.75, 3.05) is 6.26 Å². The molecule has 0 radical (unpaired) electrons. The van der Waals surface area contributed by atoms with Gasteiger partial charge in [0.2, 0.25) is 0 Å². The summed E-state index contributed by atoms with van der Waals surface area (Å²) < 4.78 is 29.5. The van der Waals surface area contributed by atoms with Gasteiger partial charge in [-0.05, 0) is 43.2 Å². The lowest BCUT2D eigenvalue weighted by molar-refractivity contribution is 0.0924. The predicted octanol–water partition coefficient (Wildman–Crippen LogP) is 4.01. The fourth-order valence-electron chi connectivity index (χ4n) is 3.57. The van der Waals surface area contributed by atoms with Gasteiger partial charge in [0.05, 0.1) is 5.75 Å². The molecule has 0 aliphatic carbocycles. The summed E-state index contributed by atoms with van der Waals surface area (Å²) in [6.45, 7) is 4.40. The number of amides is 1. The van der Waals surface area contributed by atoms with Crippen LogP contribution in [0.25, 0.3) is 21.9 Å². The third-order valence-corrected chi connectivity index (χ3v) is 5.95. The summed E-state index contributed by atoms with van der Waals surface area (Å²) >= 11 is 0. The number of hydrogen-bond donors (Lipinski definition) is 2. The van der Waals surface area contributed by atoms with E-state index in [2.05, 4.69) is 17.2 Å². The first kappa shape index (κ1) is 19.3. The van der Waals surface area contributed by atoms with Crippen molar-refractivity contribution >= 4 is 37.6 Å². The van der Waals surface area contributed by atoms with Crippen LogP contribution in [0, 0.1) is 13.8 Å². The SMILES string of the molecule is Cc1[nH]c2ccc(CNC(=O)c3oc4ccccc4c3CS(C)(=O)=O)cc2c1C. The van der Waals surface area contributed by atoms with Crippen LogP contribution in [0.1, 0.15) is 32.9 Å². The Labute approximate surface area is 168 Å². The van der Waals surface area contributed by atoms with E-state index in [4.69, 9.17) is 4.42 Å². The summed E-state index contributed by atoms with van der Waals surface area (Å²) in [6.07, 6.45) is 1.15. The zero-order valence-electron chi connectivity index (χ0n) is 16.5. The van der Waals surface area contributed by atoms with Crippen LogP contribution >= 0.6 is 0 Å². The highest BCUT2D eigenvalue weighted by Gasteiger charge is 2.23. The highest BCUT2D eigenvalue weighted by atomic mass is 32.2. The second-order valence-electron chi connectivity index (χ2n) is 7.41. The number of carbonyl (C=O) groups excluding carboxylic acids is 1. The normalized spacial score (nSPS) is 12.0. The summed E-state index contributed by atoms with van der Waals surface area (Å²) in [4.78, 5) is 16.2. The van der Waals surface area contributed by atoms with Gasteiger partial charge < -0.3 is 14.7 Å². The van der Waals surface area contributed by atoms with Gasteiger partial charge in [-0.2, -0.15) is 0 Å². The minimum Gasteiger partial charge on any atom is -0.451 e. The average Bonchev–Trinajstić information content (AvgIpc) is 3.16. The van der Waals surface area contributed by atoms with Crippen LogP contribution in [-0.2, 0) is 22.1 Å². The van der Waals surface area contributed by atoms with Crippen LogP contribution in [0.15, 0.2) is 46.9 Å². The summed E-state index contributed by atoms with van der Waals surface area (Å²) in [6, 6.07) is 13.1. The van der Waals surface area contributed by atoms with Crippen molar-refractivity contribution in [3.63, 3.8) is 0 Å². The van der Waals surface area contributed by atoms with Crippen LogP contribution in [0.5, 0.6) is 0 Å². The predicted molar refractivity (Wildman–Crippen MR) is 114 cm³/mol. The number of aryl methyl sites for hydroxylation is 2. The van der Waals surface area contributed by atoms with Gasteiger partial charge in [-0.25, -0.2) is 8.42 Å². The van der Waals surface area contributed by atoms with Crippen LogP contribution in [0.2, 0.25) is 0 Å². The molecule has 0 unspecified atom stereocenters. The van der Waals surface area contributed by atoms with Crippen molar-refractivity contribution in [1.82, 2.24) is 10.3 Å². The molecule has 0 bridgehead atoms. The lowest BCUT2D eigenvalue weighted by atomic mass is 10.1. The minimum absolute atomic E-state index is 0.0476. The molecular weight excluding hydrogens is 388 g/mol. The molecule has 0 spiro atoms. The zero-order chi connectivity index (χ0) is 20.8. The quantitative estimate of drug-likeness (QED) is 0.520. The third kappa shape index (κ3) is 3.78. The van der Waals surface area contributed by atoms with E-state index in [0.717, 1.165) is 28.4 Å². The Balaban J connectivity index is 1.62. The molecular formula is C22H22N2O4S. The summed E-state index contributed by atoms with van der Waals surface area (Å²) in [5, 5.41) is 4.62. The van der Waals surface area contributed by atoms with E-state index in [1.165, 1.54) is 5.56 Å². The Kier molecular flexibility index (Phi) is 4.70. The van der Waals surface area contributed by atoms with Gasteiger partial charge in [0.15, 0.2) is 15.6 Å². The summed E-state index contributed by atoms with van der Waals surface area (Å²) in [7, 11) is -3.33. The number of sulfone groups is 1. The Hall–Kier alpha value is -3.06. The number of aromatic nitrogens is 1. The molecule has 0 aliphatic rings. The first-order valence-corrected chi connectivity index (χ1v) is 11.3. The zero-order valence-corrected chi connectivity index (χ0v) is 17.3. The molecule has 0 saturated carbocycles. The monoisotopic (exact) mass is 410 g/mol. The van der Waals surface area contributed by atoms with Crippen molar-refractivity contribution in [3.8, 4) is 0 Å². The van der Waals surface area contributed by atoms with Gasteiger partial charge >= 0.3 is 0 Å². The largest absolute Gasteiger partial charge is 0.451 e. The van der Waals surface area contributed by atoms with Crippen LogP contribution in [0.3, 0.4) is 0 Å². The molecule has 7 heteroatoms. The molecule has 29 heavy (non-hydrogen) atoms. The molecule has 4 rings (SSSR count). The maximum Gasteiger partial charge on any atom is 0.287 e. The van der Waals surface area contributed by atoms with E-state index in [0.29, 0.717) is 23.1 Å². The number of furan rings is 1. The fourth-order valence-corrected chi connectivity index (χ4v) is 4.38. The number of rotatable bonds is 5. The maximum atomic E-state index is 12.8. The number of nitrogens with one attached hydrogen (secondary N) is 2. The van der Waals surface area contributed by atoms with Crippen molar-refractivity contribution in [3.05, 3.63) is 70.6 Å². The third-order valence-electron chi connectivity index (χ3n) is 5.14. The molecule has 0 aliphatic heterocycles. The van der Waals surface area contributed by atoms with Crippen molar-refractivity contribution < 1.29 is 17.6 Å². The number of para-hydroxylation sites is 1. The molecule has 0 fully saturated rings. The van der Waals surface area contributed by atoms with Gasteiger partial charge in [-0.15, -0.1) is 0 Å². The Bertz CT molecular complexity index is 1350. The number of H-pyrrole nitrogens is 1. The first-order valence-electron chi connectivity index (χ1n) is 9.27. The maximum absolute atomic E-state index is 12.8. The van der Waals surface area contributed by atoms with Gasteiger partial charge in [0, 0.05) is 40.3 Å². The number of carbonyl (C=O) groups is 1. The van der Waals surface area contributed by atoms with E-state index in [1.807, 2.05) is 25.1 Å². The molecule has 4 aromatic rings. The van der Waals surface area contributed by atoms with Gasteiger partial charge in [0.1, 0.15) is 5.58 Å². The molecule has 0 saturated heterocycles. The van der Waals surface area contributed by atoms with Crippen molar-refractivity contribution in [1.29, 1.82) is 0 Å². The molecule has 2 aromatic heterocycles. The Morgan fingerprint density at radius 3 is 2.62 bits per heavy atom. The van der Waals surface area contributed by atoms with Gasteiger partial charge in [-0.3, -0.25) is 4.79 Å². The Morgan fingerprint density at radius 1 is 1.10 bits per heavy atom. The van der Waals surface area contributed by atoms with E-state index >= 15 is 0 Å². The number of hydrogen-bond acceptors (Lipinski definition) is 4. The first-order chi connectivity index (χ1) is 13.7. The molecule has 150 valence electrons. The smallest absolute Gasteiger partial charge is 0.287 e. The van der Waals surface area contributed by atoms with E-state index in [9.17, 15) is 13.2 Å². The second-order valence-corrected chi connectivity index (χ2v) is 9.55. The van der Waals surface area contributed by atoms with Crippen molar-refractivity contribution in [2.45, 2.75) is 26.1 Å². The summed E-state index contributed by atoms with van der Waals surface area (Å²) in [5.74, 6) is -0.631. The molecule has 0 atom stereocenters. The molecule has 2 heterocycles. The van der Waals surface area contributed by atoms with Crippen LogP contribution in [-0.4, -0.2) is 25.6 Å². The van der Waals surface area contributed by atoms with Gasteiger partial charge in [-0.1, -0.05) is 24.3 Å². The molecule has 2 N–H and O–H groups in total. The molecule has 1 amide bonds. The van der Waals surface area contributed by atoms with E-state index in [-0.39, 0.29) is 11.5 Å². The van der Waals surface area contributed by atoms with Crippen molar-refractivity contribution in [2.24, 2.45) is 0 Å². The van der Waals surface area contributed by atoms with Crippen LogP contribution in [0.4, 0.5) is 0 Å². The lowest BCUT2D eigenvalue weighted by Gasteiger charge is -2.06. The van der Waals surface area contributed by atoms with Gasteiger partial charge in [0.25, 0.3) is 5.91 Å². The number of aromatic amines is 1. The fraction of sp³-hybridized carbons (Fsp3) is 0.227. The van der Waals surface area contributed by atoms with E-state index in [1.54, 1.807) is 24.3 Å². The lowest BCUT2D eigenvalue weighted by Crippen LogP contribution is -2.23. The van der Waals surface area contributed by atoms with E-state index < -0.39 is 15.7 Å². The highest BCUT2D eigenvalue weighted by molar-refractivity contribution is 7.89. The standard InChI is InChI=1S/C22H22N2O4S/c1-13-14(2)24-19-9-8-15(10-17(13)19)11-23-22(25)21-18(12-29(3,26)27)16-6-4-5-7-20(16)28-21/h4-10,24H,11-12H2,1-3H3,(H,23,25). The van der Waals surface area contributed by atoms with Crippen LogP contribution < -0.4 is 5.32 Å². The molecule has 6 nitrogen and oxygen atoms in total. The molecule has 2 aromatic carbocycles.